The molecule has 0 aliphatic carbocycles. The third-order valence-electron chi connectivity index (χ3n) is 3.91. The van der Waals surface area contributed by atoms with Gasteiger partial charge >= 0.3 is 0 Å². The van der Waals surface area contributed by atoms with E-state index in [2.05, 4.69) is 15.1 Å². The highest BCUT2D eigenvalue weighted by molar-refractivity contribution is 5.76. The molecule has 0 amide bonds. The molecule has 0 N–H and O–H groups in total. The SMILES string of the molecule is Cc1cccc(OCc2nc(Cn3cnc4ccccc4c3=O)no2)c1. The number of hydrogen-bond acceptors (Lipinski definition) is 6. The van der Waals surface area contributed by atoms with Gasteiger partial charge in [0.1, 0.15) is 5.75 Å². The minimum Gasteiger partial charge on any atom is -0.484 e. The van der Waals surface area contributed by atoms with Crippen LogP contribution < -0.4 is 10.3 Å². The summed E-state index contributed by atoms with van der Waals surface area (Å²) in [7, 11) is 0. The molecule has 0 aliphatic rings. The Bertz CT molecular complexity index is 1120. The molecule has 0 atom stereocenters. The zero-order chi connectivity index (χ0) is 17.9. The molecule has 0 radical (unpaired) electrons. The van der Waals surface area contributed by atoms with Crippen molar-refractivity contribution in [1.29, 1.82) is 0 Å². The topological polar surface area (TPSA) is 83.0 Å². The predicted molar refractivity (Wildman–Crippen MR) is 94.9 cm³/mol. The molecule has 4 aromatic rings. The van der Waals surface area contributed by atoms with Crippen molar-refractivity contribution < 1.29 is 9.26 Å². The van der Waals surface area contributed by atoms with Gasteiger partial charge in [0.15, 0.2) is 12.4 Å². The molecule has 130 valence electrons. The second-order valence-electron chi connectivity index (χ2n) is 5.90. The highest BCUT2D eigenvalue weighted by atomic mass is 16.5. The number of aryl methyl sites for hydroxylation is 1. The van der Waals surface area contributed by atoms with E-state index in [0.29, 0.717) is 22.6 Å². The fourth-order valence-corrected chi connectivity index (χ4v) is 2.63. The molecule has 2 aromatic carbocycles. The van der Waals surface area contributed by atoms with Gasteiger partial charge in [-0.2, -0.15) is 4.98 Å². The van der Waals surface area contributed by atoms with Gasteiger partial charge in [0, 0.05) is 0 Å². The van der Waals surface area contributed by atoms with Crippen LogP contribution >= 0.6 is 0 Å². The summed E-state index contributed by atoms with van der Waals surface area (Å²) < 4.78 is 12.3. The third kappa shape index (κ3) is 3.32. The average Bonchev–Trinajstić information content (AvgIpc) is 3.10. The van der Waals surface area contributed by atoms with E-state index in [1.807, 2.05) is 43.3 Å². The van der Waals surface area contributed by atoms with Crippen LogP contribution in [0.3, 0.4) is 0 Å². The summed E-state index contributed by atoms with van der Waals surface area (Å²) in [5, 5.41) is 4.47. The third-order valence-corrected chi connectivity index (χ3v) is 3.91. The molecule has 2 heterocycles. The molecule has 4 rings (SSSR count). The van der Waals surface area contributed by atoms with Crippen LogP contribution in [0, 0.1) is 6.92 Å². The summed E-state index contributed by atoms with van der Waals surface area (Å²) in [5.74, 6) is 1.48. The number of nitrogens with zero attached hydrogens (tertiary/aromatic N) is 4. The molecule has 0 saturated carbocycles. The molecular weight excluding hydrogens is 332 g/mol. The fourth-order valence-electron chi connectivity index (χ4n) is 2.63. The maximum absolute atomic E-state index is 12.5. The van der Waals surface area contributed by atoms with Gasteiger partial charge in [-0.25, -0.2) is 4.98 Å². The number of fused-ring (bicyclic) bond motifs is 1. The van der Waals surface area contributed by atoms with E-state index >= 15 is 0 Å². The summed E-state index contributed by atoms with van der Waals surface area (Å²) in [6.45, 7) is 2.35. The van der Waals surface area contributed by atoms with E-state index < -0.39 is 0 Å². The Hall–Kier alpha value is -3.48. The lowest BCUT2D eigenvalue weighted by Gasteiger charge is -2.03. The Balaban J connectivity index is 1.48. The first kappa shape index (κ1) is 16.0. The van der Waals surface area contributed by atoms with Crippen LogP contribution in [0.25, 0.3) is 10.9 Å². The van der Waals surface area contributed by atoms with Crippen molar-refractivity contribution in [3.63, 3.8) is 0 Å². The molecule has 26 heavy (non-hydrogen) atoms. The van der Waals surface area contributed by atoms with Crippen molar-refractivity contribution in [2.75, 3.05) is 0 Å². The van der Waals surface area contributed by atoms with Crippen molar-refractivity contribution in [3.05, 3.63) is 82.5 Å². The Morgan fingerprint density at radius 1 is 1.15 bits per heavy atom. The zero-order valence-electron chi connectivity index (χ0n) is 14.1. The van der Waals surface area contributed by atoms with Gasteiger partial charge < -0.3 is 9.26 Å². The summed E-state index contributed by atoms with van der Waals surface area (Å²) >= 11 is 0. The molecule has 0 bridgehead atoms. The van der Waals surface area contributed by atoms with Gasteiger partial charge in [-0.1, -0.05) is 29.4 Å². The molecule has 0 aliphatic heterocycles. The molecule has 0 spiro atoms. The highest BCUT2D eigenvalue weighted by Crippen LogP contribution is 2.14. The van der Waals surface area contributed by atoms with Crippen LogP contribution in [0.15, 0.2) is 64.2 Å². The fraction of sp³-hybridized carbons (Fsp3) is 0.158. The normalized spacial score (nSPS) is 11.0. The summed E-state index contributed by atoms with van der Waals surface area (Å²) in [4.78, 5) is 21.0. The largest absolute Gasteiger partial charge is 0.484 e. The molecular formula is C19H16N4O3. The molecule has 0 fully saturated rings. The van der Waals surface area contributed by atoms with Crippen molar-refractivity contribution in [2.24, 2.45) is 0 Å². The summed E-state index contributed by atoms with van der Waals surface area (Å²) in [5.41, 5.74) is 1.63. The van der Waals surface area contributed by atoms with Crippen LogP contribution in [0.4, 0.5) is 0 Å². The predicted octanol–water partition coefficient (Wildman–Crippen LogP) is 2.72. The average molecular weight is 348 g/mol. The molecule has 2 aromatic heterocycles. The summed E-state index contributed by atoms with van der Waals surface area (Å²) in [6, 6.07) is 14.9. The van der Waals surface area contributed by atoms with Crippen LogP contribution in [-0.4, -0.2) is 19.7 Å². The Labute approximate surface area is 148 Å². The molecule has 7 nitrogen and oxygen atoms in total. The number of aromatic nitrogens is 4. The molecule has 0 unspecified atom stereocenters. The number of hydrogen-bond donors (Lipinski definition) is 0. The van der Waals surface area contributed by atoms with Gasteiger partial charge in [-0.3, -0.25) is 9.36 Å². The summed E-state index contributed by atoms with van der Waals surface area (Å²) in [6.07, 6.45) is 1.49. The molecule has 7 heteroatoms. The lowest BCUT2D eigenvalue weighted by atomic mass is 10.2. The van der Waals surface area contributed by atoms with Gasteiger partial charge in [0.2, 0.25) is 0 Å². The van der Waals surface area contributed by atoms with E-state index in [1.54, 1.807) is 12.1 Å². The standard InChI is InChI=1S/C19H16N4O3/c1-13-5-4-6-14(9-13)25-11-18-21-17(22-26-18)10-23-12-20-16-8-3-2-7-15(16)19(23)24/h2-9,12H,10-11H2,1H3. The number of para-hydroxylation sites is 1. The minimum absolute atomic E-state index is 0.141. The van der Waals surface area contributed by atoms with Crippen molar-refractivity contribution in [2.45, 2.75) is 20.1 Å². The van der Waals surface area contributed by atoms with Gasteiger partial charge in [-0.05, 0) is 36.8 Å². The molecule has 0 saturated heterocycles. The lowest BCUT2D eigenvalue weighted by molar-refractivity contribution is 0.242. The van der Waals surface area contributed by atoms with Gasteiger partial charge in [0.25, 0.3) is 11.4 Å². The quantitative estimate of drug-likeness (QED) is 0.551. The van der Waals surface area contributed by atoms with E-state index in [-0.39, 0.29) is 18.7 Å². The van der Waals surface area contributed by atoms with Crippen molar-refractivity contribution in [3.8, 4) is 5.75 Å². The minimum atomic E-state index is -0.141. The lowest BCUT2D eigenvalue weighted by Crippen LogP contribution is -2.21. The van der Waals surface area contributed by atoms with Gasteiger partial charge in [0.05, 0.1) is 23.8 Å². The van der Waals surface area contributed by atoms with Crippen molar-refractivity contribution >= 4 is 10.9 Å². The van der Waals surface area contributed by atoms with E-state index in [4.69, 9.17) is 9.26 Å². The van der Waals surface area contributed by atoms with E-state index in [9.17, 15) is 4.79 Å². The van der Waals surface area contributed by atoms with Crippen molar-refractivity contribution in [1.82, 2.24) is 19.7 Å². The highest BCUT2D eigenvalue weighted by Gasteiger charge is 2.10. The monoisotopic (exact) mass is 348 g/mol. The second-order valence-corrected chi connectivity index (χ2v) is 5.90. The Morgan fingerprint density at radius 3 is 2.92 bits per heavy atom. The van der Waals surface area contributed by atoms with Crippen LogP contribution in [0.5, 0.6) is 5.75 Å². The maximum Gasteiger partial charge on any atom is 0.264 e. The van der Waals surface area contributed by atoms with E-state index in [1.165, 1.54) is 10.9 Å². The van der Waals surface area contributed by atoms with Crippen LogP contribution in [0.1, 0.15) is 17.3 Å². The van der Waals surface area contributed by atoms with E-state index in [0.717, 1.165) is 11.3 Å². The number of benzene rings is 2. The number of rotatable bonds is 5. The van der Waals surface area contributed by atoms with Crippen LogP contribution in [0.2, 0.25) is 0 Å². The van der Waals surface area contributed by atoms with Crippen LogP contribution in [-0.2, 0) is 13.2 Å². The smallest absolute Gasteiger partial charge is 0.264 e. The maximum atomic E-state index is 12.5. The zero-order valence-corrected chi connectivity index (χ0v) is 14.1. The first-order valence-electron chi connectivity index (χ1n) is 8.14. The first-order valence-corrected chi connectivity index (χ1v) is 8.14. The Kier molecular flexibility index (Phi) is 4.18. The number of ether oxygens (including phenoxy) is 1. The second kappa shape index (κ2) is 6.79. The van der Waals surface area contributed by atoms with Gasteiger partial charge in [-0.15, -0.1) is 0 Å². The Morgan fingerprint density at radius 2 is 2.04 bits per heavy atom. The first-order chi connectivity index (χ1) is 12.7.